The van der Waals surface area contributed by atoms with Gasteiger partial charge in [0.15, 0.2) is 0 Å². The monoisotopic (exact) mass is 485 g/mol. The maximum absolute atomic E-state index is 13.3. The van der Waals surface area contributed by atoms with Crippen LogP contribution in [0.15, 0.2) is 58.3 Å². The number of amides is 2. The summed E-state index contributed by atoms with van der Waals surface area (Å²) in [5.41, 5.74) is 1.62. The summed E-state index contributed by atoms with van der Waals surface area (Å²) in [5, 5.41) is 3.61. The Kier molecular flexibility index (Phi) is 9.85. The number of nitrogens with zero attached hydrogens (tertiary/aromatic N) is 2. The smallest absolute Gasteiger partial charge is 0.265 e. The molecule has 7 heteroatoms. The van der Waals surface area contributed by atoms with Crippen LogP contribution in [0, 0.1) is 0 Å². The molecule has 3 rings (SSSR count). The van der Waals surface area contributed by atoms with E-state index in [-0.39, 0.29) is 18.4 Å². The molecule has 0 spiro atoms. The van der Waals surface area contributed by atoms with Gasteiger partial charge in [0, 0.05) is 16.5 Å². The first kappa shape index (κ1) is 25.3. The highest BCUT2D eigenvalue weighted by molar-refractivity contribution is 8.04. The largest absolute Gasteiger partial charge is 0.355 e. The number of anilines is 1. The van der Waals surface area contributed by atoms with Gasteiger partial charge in [-0.3, -0.25) is 14.5 Å². The summed E-state index contributed by atoms with van der Waals surface area (Å²) in [6.07, 6.45) is 4.99. The molecule has 0 atom stereocenters. The normalized spacial score (nSPS) is 14.6. The Hall–Kier alpha value is -2.28. The van der Waals surface area contributed by atoms with Gasteiger partial charge in [0.2, 0.25) is 5.91 Å². The highest BCUT2D eigenvalue weighted by Gasteiger charge is 2.30. The second-order valence-corrected chi connectivity index (χ2v) is 9.59. The minimum atomic E-state index is -0.175. The molecule has 1 aliphatic heterocycles. The number of hydrogen-bond donors (Lipinski definition) is 1. The number of fused-ring (bicyclic) bond motifs is 1. The molecule has 0 bridgehead atoms. The Morgan fingerprint density at radius 3 is 2.58 bits per heavy atom. The van der Waals surface area contributed by atoms with Gasteiger partial charge in [-0.25, -0.2) is 0 Å². The molecular weight excluding hydrogens is 454 g/mol. The minimum Gasteiger partial charge on any atom is -0.355 e. The summed E-state index contributed by atoms with van der Waals surface area (Å²) in [5.74, 6) is -0.324. The fourth-order valence-electron chi connectivity index (χ4n) is 3.86. The van der Waals surface area contributed by atoms with Crippen LogP contribution in [0.1, 0.15) is 38.7 Å². The Balaban J connectivity index is 1.65. The Morgan fingerprint density at radius 1 is 1.09 bits per heavy atom. The van der Waals surface area contributed by atoms with Crippen molar-refractivity contribution in [2.75, 3.05) is 37.6 Å². The first-order valence-corrected chi connectivity index (χ1v) is 12.8. The van der Waals surface area contributed by atoms with Crippen molar-refractivity contribution in [2.45, 2.75) is 38.0 Å². The number of carbonyl (C=O) groups is 2. The van der Waals surface area contributed by atoms with E-state index in [2.05, 4.69) is 24.1 Å². The van der Waals surface area contributed by atoms with Gasteiger partial charge in [-0.15, -0.1) is 0 Å². The topological polar surface area (TPSA) is 52.7 Å². The number of thioether (sulfide) groups is 1. The first-order valence-electron chi connectivity index (χ1n) is 11.6. The van der Waals surface area contributed by atoms with Crippen LogP contribution in [0.4, 0.5) is 5.69 Å². The van der Waals surface area contributed by atoms with E-state index in [0.717, 1.165) is 55.0 Å². The second kappa shape index (κ2) is 12.8. The molecule has 5 nitrogen and oxygen atoms in total. The lowest BCUT2D eigenvalue weighted by Gasteiger charge is -2.30. The quantitative estimate of drug-likeness (QED) is 0.339. The molecule has 0 saturated heterocycles. The summed E-state index contributed by atoms with van der Waals surface area (Å²) in [7, 11) is 0. The fourth-order valence-corrected chi connectivity index (χ4v) is 5.12. The molecule has 2 aromatic rings. The van der Waals surface area contributed by atoms with E-state index in [9.17, 15) is 9.59 Å². The molecule has 0 unspecified atom stereocenters. The highest BCUT2D eigenvalue weighted by Crippen LogP contribution is 2.41. The van der Waals surface area contributed by atoms with E-state index in [1.165, 1.54) is 11.8 Å². The molecule has 1 N–H and O–H groups in total. The van der Waals surface area contributed by atoms with Gasteiger partial charge >= 0.3 is 0 Å². The standard InChI is InChI=1S/C26H32ClN3O2S/c1-3-14-29(15-4-2)16-8-13-28-25(31)19-30-22-11-5-6-12-23(22)33-24(26(30)32)18-20-9-7-10-21(27)17-20/h5-7,9-12,17-18H,3-4,8,13-16,19H2,1-2H3,(H,28,31)/b24-18-. The zero-order valence-electron chi connectivity index (χ0n) is 19.4. The average Bonchev–Trinajstić information content (AvgIpc) is 2.80. The van der Waals surface area contributed by atoms with Crippen LogP contribution < -0.4 is 10.2 Å². The lowest BCUT2D eigenvalue weighted by Crippen LogP contribution is -2.43. The van der Waals surface area contributed by atoms with Crippen LogP contribution >= 0.6 is 23.4 Å². The molecule has 0 radical (unpaired) electrons. The summed E-state index contributed by atoms with van der Waals surface area (Å²) in [6.45, 7) is 8.11. The van der Waals surface area contributed by atoms with Crippen molar-refractivity contribution >= 4 is 46.9 Å². The molecule has 1 heterocycles. The maximum Gasteiger partial charge on any atom is 0.265 e. The number of halogens is 1. The molecular formula is C26H32ClN3O2S. The van der Waals surface area contributed by atoms with Crippen molar-refractivity contribution in [3.05, 3.63) is 64.0 Å². The zero-order valence-corrected chi connectivity index (χ0v) is 20.9. The third-order valence-electron chi connectivity index (χ3n) is 5.33. The van der Waals surface area contributed by atoms with E-state index in [4.69, 9.17) is 11.6 Å². The number of para-hydroxylation sites is 1. The van der Waals surface area contributed by atoms with Gasteiger partial charge in [0.25, 0.3) is 5.91 Å². The van der Waals surface area contributed by atoms with Crippen molar-refractivity contribution < 1.29 is 9.59 Å². The predicted octanol–water partition coefficient (Wildman–Crippen LogP) is 5.45. The van der Waals surface area contributed by atoms with Crippen molar-refractivity contribution in [3.63, 3.8) is 0 Å². The molecule has 0 saturated carbocycles. The molecule has 0 fully saturated rings. The highest BCUT2D eigenvalue weighted by atomic mass is 35.5. The fraction of sp³-hybridized carbons (Fsp3) is 0.385. The molecule has 33 heavy (non-hydrogen) atoms. The third kappa shape index (κ3) is 7.36. The summed E-state index contributed by atoms with van der Waals surface area (Å²) >= 11 is 7.53. The lowest BCUT2D eigenvalue weighted by atomic mass is 10.2. The Morgan fingerprint density at radius 2 is 1.85 bits per heavy atom. The van der Waals surface area contributed by atoms with E-state index in [0.29, 0.717) is 16.5 Å². The Labute approximate surface area is 206 Å². The molecule has 1 aliphatic rings. The van der Waals surface area contributed by atoms with Gasteiger partial charge in [0.05, 0.1) is 10.6 Å². The van der Waals surface area contributed by atoms with E-state index >= 15 is 0 Å². The van der Waals surface area contributed by atoms with Crippen molar-refractivity contribution in [3.8, 4) is 0 Å². The maximum atomic E-state index is 13.3. The summed E-state index contributed by atoms with van der Waals surface area (Å²) in [4.78, 5) is 31.5. The van der Waals surface area contributed by atoms with Crippen molar-refractivity contribution in [1.29, 1.82) is 0 Å². The van der Waals surface area contributed by atoms with Crippen LogP contribution in [-0.4, -0.2) is 49.4 Å². The van der Waals surface area contributed by atoms with Gasteiger partial charge in [-0.1, -0.05) is 61.5 Å². The van der Waals surface area contributed by atoms with Crippen molar-refractivity contribution in [1.82, 2.24) is 10.2 Å². The van der Waals surface area contributed by atoms with Crippen molar-refractivity contribution in [2.24, 2.45) is 0 Å². The number of hydrogen-bond acceptors (Lipinski definition) is 4. The lowest BCUT2D eigenvalue weighted by molar-refractivity contribution is -0.122. The second-order valence-electron chi connectivity index (χ2n) is 8.07. The number of rotatable bonds is 11. The molecule has 0 aliphatic carbocycles. The molecule has 2 aromatic carbocycles. The number of carbonyl (C=O) groups excluding carboxylic acids is 2. The number of nitrogens with one attached hydrogen (secondary N) is 1. The van der Waals surface area contributed by atoms with Crippen LogP contribution in [-0.2, 0) is 9.59 Å². The number of benzene rings is 2. The third-order valence-corrected chi connectivity index (χ3v) is 6.65. The van der Waals surface area contributed by atoms with E-state index in [1.54, 1.807) is 11.0 Å². The van der Waals surface area contributed by atoms with E-state index in [1.807, 2.05) is 48.5 Å². The first-order chi connectivity index (χ1) is 16.0. The minimum absolute atomic E-state index is 0.00305. The van der Waals surface area contributed by atoms with Crippen LogP contribution in [0.5, 0.6) is 0 Å². The molecule has 0 aromatic heterocycles. The van der Waals surface area contributed by atoms with Gasteiger partial charge in [-0.2, -0.15) is 0 Å². The van der Waals surface area contributed by atoms with Crippen LogP contribution in [0.25, 0.3) is 6.08 Å². The Bertz CT molecular complexity index is 989. The molecule has 2 amide bonds. The summed E-state index contributed by atoms with van der Waals surface area (Å²) < 4.78 is 0. The zero-order chi connectivity index (χ0) is 23.6. The van der Waals surface area contributed by atoms with Gasteiger partial charge in [0.1, 0.15) is 6.54 Å². The predicted molar refractivity (Wildman–Crippen MR) is 139 cm³/mol. The van der Waals surface area contributed by atoms with Gasteiger partial charge < -0.3 is 10.2 Å². The van der Waals surface area contributed by atoms with Gasteiger partial charge in [-0.05, 0) is 74.8 Å². The van der Waals surface area contributed by atoms with E-state index < -0.39 is 0 Å². The SMILES string of the molecule is CCCN(CCC)CCCNC(=O)CN1C(=O)/C(=C/c2cccc(Cl)c2)Sc2ccccc21. The van der Waals surface area contributed by atoms with Crippen LogP contribution in [0.2, 0.25) is 5.02 Å². The molecule has 176 valence electrons. The average molecular weight is 486 g/mol. The summed E-state index contributed by atoms with van der Waals surface area (Å²) in [6, 6.07) is 15.1. The van der Waals surface area contributed by atoms with Crippen LogP contribution in [0.3, 0.4) is 0 Å².